The van der Waals surface area contributed by atoms with Crippen molar-refractivity contribution in [1.29, 1.82) is 0 Å². The Morgan fingerprint density at radius 3 is 2.09 bits per heavy atom. The molecule has 0 unspecified atom stereocenters. The maximum absolute atomic E-state index is 13.3. The van der Waals surface area contributed by atoms with Crippen LogP contribution in [0.5, 0.6) is 5.75 Å². The molecule has 2 aromatic carbocycles. The van der Waals surface area contributed by atoms with Crippen LogP contribution in [0.3, 0.4) is 0 Å². The first-order valence-electron chi connectivity index (χ1n) is 15.3. The van der Waals surface area contributed by atoms with Crippen LogP contribution < -0.4 is 10.1 Å². The van der Waals surface area contributed by atoms with E-state index in [2.05, 4.69) is 11.9 Å². The minimum absolute atomic E-state index is 0.316. The Morgan fingerprint density at radius 2 is 1.65 bits per heavy atom. The Balaban J connectivity index is 0. The second-order valence-electron chi connectivity index (χ2n) is 9.19. The van der Waals surface area contributed by atoms with Gasteiger partial charge in [0.25, 0.3) is 5.91 Å². The third kappa shape index (κ3) is 17.9. The van der Waals surface area contributed by atoms with E-state index in [-0.39, 0.29) is 11.7 Å². The second kappa shape index (κ2) is 26.2. The van der Waals surface area contributed by atoms with Crippen molar-refractivity contribution in [1.82, 2.24) is 10.2 Å². The number of carbonyl (C=O) groups is 2. The normalized spacial score (nSPS) is 13.1. The number of ether oxygens (including phenoxy) is 1. The predicted octanol–water partition coefficient (Wildman–Crippen LogP) is 7.07. The van der Waals surface area contributed by atoms with Crippen LogP contribution in [-0.2, 0) is 16.1 Å². The molecule has 1 aliphatic heterocycles. The van der Waals surface area contributed by atoms with Gasteiger partial charge in [0.15, 0.2) is 6.10 Å². The van der Waals surface area contributed by atoms with E-state index >= 15 is 0 Å². The standard InChI is InChI=1S/C16H16FNO2.C9H17NO3.C6H10.2C2H6/c1-2-20-16-9-14(17)7-8-15(16)13-5-3-12(4-6-13)10-18-11-19;1-7(11)8(12)9(13)10-5-3-2-4-6-10;1-4-5-6(2)3;2*1-2/h3-9,11H,2,10H2,1H3,(H,18,19);7-8,11-12H,2-6H2,1H3;4-5H,2H2,1,3H3;2*1-2H3/b;;5-4-;;/t;7-,8+;;;/m.0.../s1. The van der Waals surface area contributed by atoms with Crippen LogP contribution in [0.15, 0.2) is 66.8 Å². The number of nitrogens with zero attached hydrogens (tertiary/aromatic N) is 1. The predicted molar refractivity (Wildman–Crippen MR) is 176 cm³/mol. The fourth-order valence-corrected chi connectivity index (χ4v) is 3.76. The Hall–Kier alpha value is -3.49. The highest BCUT2D eigenvalue weighted by molar-refractivity contribution is 5.81. The first kappa shape index (κ1) is 41.6. The lowest BCUT2D eigenvalue weighted by Gasteiger charge is -2.29. The zero-order chi connectivity index (χ0) is 33.2. The molecule has 2 atom stereocenters. The maximum Gasteiger partial charge on any atom is 0.254 e. The van der Waals surface area contributed by atoms with Crippen LogP contribution in [-0.4, -0.2) is 59.3 Å². The van der Waals surface area contributed by atoms with Crippen molar-refractivity contribution < 1.29 is 28.9 Å². The van der Waals surface area contributed by atoms with Gasteiger partial charge in [-0.2, -0.15) is 0 Å². The molecule has 0 bridgehead atoms. The lowest BCUT2D eigenvalue weighted by atomic mass is 10.0. The Morgan fingerprint density at radius 1 is 1.07 bits per heavy atom. The molecule has 8 heteroatoms. The first-order chi connectivity index (χ1) is 20.6. The quantitative estimate of drug-likeness (QED) is 0.211. The number of likely N-dealkylation sites (tertiary alicyclic amines) is 1. The lowest BCUT2D eigenvalue weighted by molar-refractivity contribution is -0.146. The minimum Gasteiger partial charge on any atom is -0.493 e. The number of nitrogens with one attached hydrogen (secondary N) is 1. The number of halogens is 1. The van der Waals surface area contributed by atoms with Crippen molar-refractivity contribution in [2.24, 2.45) is 0 Å². The summed E-state index contributed by atoms with van der Waals surface area (Å²) in [4.78, 5) is 23.3. The van der Waals surface area contributed by atoms with Crippen molar-refractivity contribution in [3.63, 3.8) is 0 Å². The van der Waals surface area contributed by atoms with Crippen LogP contribution >= 0.6 is 0 Å². The lowest BCUT2D eigenvalue weighted by Crippen LogP contribution is -2.46. The molecular weight excluding hydrogens is 547 g/mol. The molecule has 1 fully saturated rings. The van der Waals surface area contributed by atoms with Gasteiger partial charge in [-0.05, 0) is 70.2 Å². The Kier molecular flexibility index (Phi) is 25.3. The zero-order valence-electron chi connectivity index (χ0n) is 27.5. The number of aliphatic hydroxyl groups is 2. The summed E-state index contributed by atoms with van der Waals surface area (Å²) in [6, 6.07) is 12.2. The molecule has 0 saturated carbocycles. The van der Waals surface area contributed by atoms with Crippen LogP contribution in [0.4, 0.5) is 4.39 Å². The van der Waals surface area contributed by atoms with Crippen molar-refractivity contribution in [3.05, 3.63) is 78.1 Å². The molecule has 1 heterocycles. The summed E-state index contributed by atoms with van der Waals surface area (Å²) in [5, 5.41) is 20.9. The first-order valence-corrected chi connectivity index (χ1v) is 15.3. The minimum atomic E-state index is -1.25. The summed E-state index contributed by atoms with van der Waals surface area (Å²) >= 11 is 0. The molecule has 43 heavy (non-hydrogen) atoms. The van der Waals surface area contributed by atoms with Crippen LogP contribution in [0, 0.1) is 5.82 Å². The van der Waals surface area contributed by atoms with Gasteiger partial charge in [-0.25, -0.2) is 4.39 Å². The van der Waals surface area contributed by atoms with Gasteiger partial charge in [0.2, 0.25) is 6.41 Å². The van der Waals surface area contributed by atoms with E-state index in [9.17, 15) is 19.1 Å². The monoisotopic (exact) mass is 602 g/mol. The third-order valence-electron chi connectivity index (χ3n) is 5.73. The number of rotatable bonds is 9. The number of hydrogen-bond donors (Lipinski definition) is 3. The van der Waals surface area contributed by atoms with E-state index in [1.165, 1.54) is 19.1 Å². The van der Waals surface area contributed by atoms with Gasteiger partial charge >= 0.3 is 0 Å². The Bertz CT molecular complexity index is 1050. The van der Waals surface area contributed by atoms with Gasteiger partial charge in [0.05, 0.1) is 12.7 Å². The van der Waals surface area contributed by atoms with E-state index in [0.717, 1.165) is 41.5 Å². The van der Waals surface area contributed by atoms with Crippen molar-refractivity contribution in [3.8, 4) is 16.9 Å². The van der Waals surface area contributed by atoms with Crippen molar-refractivity contribution in [2.45, 2.75) is 93.4 Å². The third-order valence-corrected chi connectivity index (χ3v) is 5.73. The van der Waals surface area contributed by atoms with Crippen molar-refractivity contribution in [2.75, 3.05) is 19.7 Å². The topological polar surface area (TPSA) is 99.1 Å². The molecular formula is C35H55FN2O5. The number of hydrogen-bond acceptors (Lipinski definition) is 5. The smallest absolute Gasteiger partial charge is 0.254 e. The molecule has 3 N–H and O–H groups in total. The molecule has 3 rings (SSSR count). The summed E-state index contributed by atoms with van der Waals surface area (Å²) in [6.45, 7) is 21.3. The number of benzene rings is 2. The molecule has 1 aliphatic rings. The molecule has 0 aliphatic carbocycles. The van der Waals surface area contributed by atoms with E-state index in [4.69, 9.17) is 9.84 Å². The summed E-state index contributed by atoms with van der Waals surface area (Å²) < 4.78 is 18.7. The highest BCUT2D eigenvalue weighted by Crippen LogP contribution is 2.31. The number of carbonyl (C=O) groups excluding carboxylic acids is 2. The van der Waals surface area contributed by atoms with Gasteiger partial charge in [-0.1, -0.05) is 76.3 Å². The van der Waals surface area contributed by atoms with Crippen molar-refractivity contribution >= 4 is 12.3 Å². The summed E-state index contributed by atoms with van der Waals surface area (Å²) in [5.74, 6) is -0.120. The fourth-order valence-electron chi connectivity index (χ4n) is 3.76. The summed E-state index contributed by atoms with van der Waals surface area (Å²) in [5.41, 5.74) is 3.91. The number of aliphatic hydroxyl groups excluding tert-OH is 2. The van der Waals surface area contributed by atoms with Crippen LogP contribution in [0.1, 0.15) is 80.2 Å². The van der Waals surface area contributed by atoms with E-state index in [0.29, 0.717) is 38.4 Å². The maximum atomic E-state index is 13.3. The number of piperidine rings is 1. The molecule has 242 valence electrons. The zero-order valence-corrected chi connectivity index (χ0v) is 27.5. The molecule has 0 aromatic heterocycles. The van der Waals surface area contributed by atoms with E-state index in [1.54, 1.807) is 11.0 Å². The summed E-state index contributed by atoms with van der Waals surface area (Å²) in [6.07, 6.45) is 5.53. The Labute approximate surface area is 259 Å². The highest BCUT2D eigenvalue weighted by Gasteiger charge is 2.26. The molecule has 0 spiro atoms. The molecule has 7 nitrogen and oxygen atoms in total. The molecule has 2 aromatic rings. The average molecular weight is 603 g/mol. The van der Waals surface area contributed by atoms with Gasteiger partial charge in [0, 0.05) is 31.3 Å². The van der Waals surface area contributed by atoms with Gasteiger partial charge in [-0.3, -0.25) is 9.59 Å². The van der Waals surface area contributed by atoms with Gasteiger partial charge in [0.1, 0.15) is 11.6 Å². The fraction of sp³-hybridized carbons (Fsp3) is 0.486. The molecule has 2 amide bonds. The second-order valence-corrected chi connectivity index (χ2v) is 9.19. The van der Waals surface area contributed by atoms with E-state index < -0.39 is 12.2 Å². The van der Waals surface area contributed by atoms with Gasteiger partial charge < -0.3 is 25.2 Å². The largest absolute Gasteiger partial charge is 0.493 e. The van der Waals surface area contributed by atoms with Gasteiger partial charge in [-0.15, -0.1) is 0 Å². The number of amides is 2. The SMILES string of the molecule is C=C(C)/C=C\C.CC.CC.CCOc1cc(F)ccc1-c1ccc(CNC=O)cc1.C[C@H](O)[C@@H](O)C(=O)N1CCCCC1. The highest BCUT2D eigenvalue weighted by atomic mass is 19.1. The number of allylic oxidation sites excluding steroid dienone is 3. The van der Waals surface area contributed by atoms with Crippen LogP contribution in [0.25, 0.3) is 11.1 Å². The van der Waals surface area contributed by atoms with E-state index in [1.807, 2.05) is 84.9 Å². The van der Waals surface area contributed by atoms with Crippen LogP contribution in [0.2, 0.25) is 0 Å². The molecule has 1 saturated heterocycles. The average Bonchev–Trinajstić information content (AvgIpc) is 3.03. The molecule has 0 radical (unpaired) electrons. The summed E-state index contributed by atoms with van der Waals surface area (Å²) in [7, 11) is 0.